The van der Waals surface area contributed by atoms with Crippen molar-refractivity contribution in [3.05, 3.63) is 64.7 Å². The van der Waals surface area contributed by atoms with Gasteiger partial charge in [-0.3, -0.25) is 14.2 Å². The van der Waals surface area contributed by atoms with Crippen LogP contribution in [-0.2, 0) is 6.42 Å². The Labute approximate surface area is 180 Å². The van der Waals surface area contributed by atoms with Crippen molar-refractivity contribution >= 4 is 0 Å². The molecule has 4 rings (SSSR count). The Morgan fingerprint density at radius 3 is 2.48 bits per heavy atom. The van der Waals surface area contributed by atoms with Gasteiger partial charge in [0.05, 0.1) is 19.3 Å². The Morgan fingerprint density at radius 2 is 1.81 bits per heavy atom. The largest absolute Gasteiger partial charge is 0.492 e. The molecular weight excluding hydrogens is 408 g/mol. The van der Waals surface area contributed by atoms with Crippen LogP contribution in [0.25, 0.3) is 0 Å². The maximum Gasteiger partial charge on any atom is 0.401 e. The second-order valence-corrected chi connectivity index (χ2v) is 8.64. The lowest BCUT2D eigenvalue weighted by atomic mass is 9.87. The van der Waals surface area contributed by atoms with E-state index in [1.54, 1.807) is 0 Å². The van der Waals surface area contributed by atoms with Gasteiger partial charge >= 0.3 is 6.18 Å². The lowest BCUT2D eigenvalue weighted by Crippen LogP contribution is -2.49. The fraction of sp³-hybridized carbons (Fsp3) is 0.500. The van der Waals surface area contributed by atoms with Gasteiger partial charge < -0.3 is 4.74 Å². The van der Waals surface area contributed by atoms with E-state index in [0.29, 0.717) is 25.3 Å². The molecule has 0 bridgehead atoms. The Morgan fingerprint density at radius 1 is 1.06 bits per heavy atom. The molecule has 3 nitrogen and oxygen atoms in total. The summed E-state index contributed by atoms with van der Waals surface area (Å²) in [7, 11) is 0. The zero-order valence-electron chi connectivity index (χ0n) is 17.7. The van der Waals surface area contributed by atoms with E-state index < -0.39 is 18.8 Å². The molecule has 2 aromatic rings. The number of benzene rings is 2. The lowest BCUT2D eigenvalue weighted by molar-refractivity contribution is -0.150. The Balaban J connectivity index is 1.46. The first kappa shape index (κ1) is 22.1. The van der Waals surface area contributed by atoms with Crippen LogP contribution in [-0.4, -0.2) is 62.0 Å². The van der Waals surface area contributed by atoms with Crippen LogP contribution in [0, 0.1) is 12.8 Å². The third kappa shape index (κ3) is 5.39. The first-order valence-electron chi connectivity index (χ1n) is 10.7. The molecule has 0 saturated carbocycles. The number of hydrogen-bond donors (Lipinski definition) is 0. The number of hydrogen-bond acceptors (Lipinski definition) is 3. The molecule has 0 aliphatic carbocycles. The van der Waals surface area contributed by atoms with Crippen molar-refractivity contribution in [2.75, 3.05) is 46.0 Å². The van der Waals surface area contributed by atoms with Crippen LogP contribution in [0.2, 0.25) is 0 Å². The van der Waals surface area contributed by atoms with Gasteiger partial charge in [0.1, 0.15) is 12.4 Å². The molecule has 7 heteroatoms. The zero-order chi connectivity index (χ0) is 22.0. The van der Waals surface area contributed by atoms with Gasteiger partial charge in [-0.05, 0) is 42.2 Å². The van der Waals surface area contributed by atoms with Crippen molar-refractivity contribution in [1.82, 2.24) is 9.80 Å². The number of nitrogens with zero attached hydrogens (tertiary/aromatic N) is 2. The van der Waals surface area contributed by atoms with E-state index in [1.165, 1.54) is 4.90 Å². The van der Waals surface area contributed by atoms with Gasteiger partial charge in [-0.2, -0.15) is 13.2 Å². The number of ether oxygens (including phenoxy) is 1. The highest BCUT2D eigenvalue weighted by molar-refractivity contribution is 5.43. The van der Waals surface area contributed by atoms with Crippen molar-refractivity contribution in [2.24, 2.45) is 5.92 Å². The summed E-state index contributed by atoms with van der Waals surface area (Å²) in [6.45, 7) is 3.96. The quantitative estimate of drug-likeness (QED) is 0.581. The third-order valence-corrected chi connectivity index (χ3v) is 6.13. The Hall–Kier alpha value is -2.12. The molecule has 0 unspecified atom stereocenters. The first-order chi connectivity index (χ1) is 14.8. The Kier molecular flexibility index (Phi) is 6.53. The monoisotopic (exact) mass is 436 g/mol. The number of alkyl halides is 4. The molecule has 0 spiro atoms. The van der Waals surface area contributed by atoms with E-state index >= 15 is 0 Å². The minimum atomic E-state index is -4.25. The smallest absolute Gasteiger partial charge is 0.401 e. The van der Waals surface area contributed by atoms with Crippen LogP contribution in [0.3, 0.4) is 0 Å². The molecule has 2 heterocycles. The summed E-state index contributed by atoms with van der Waals surface area (Å²) in [5, 5.41) is 0. The Bertz CT molecular complexity index is 878. The van der Waals surface area contributed by atoms with Crippen LogP contribution in [0.5, 0.6) is 5.75 Å². The summed E-state index contributed by atoms with van der Waals surface area (Å²) in [6, 6.07) is 12.9. The highest BCUT2D eigenvalue weighted by Gasteiger charge is 2.37. The van der Waals surface area contributed by atoms with E-state index in [-0.39, 0.29) is 12.6 Å². The number of aryl methyl sites for hydroxylation is 1. The molecule has 2 aliphatic heterocycles. The van der Waals surface area contributed by atoms with Crippen molar-refractivity contribution in [2.45, 2.75) is 25.6 Å². The van der Waals surface area contributed by atoms with Crippen LogP contribution in [0.1, 0.15) is 28.3 Å². The summed E-state index contributed by atoms with van der Waals surface area (Å²) in [5.74, 6) is 0.842. The second kappa shape index (κ2) is 9.17. The predicted octanol–water partition coefficient (Wildman–Crippen LogP) is 4.78. The van der Waals surface area contributed by atoms with Crippen LogP contribution in [0.15, 0.2) is 42.5 Å². The van der Waals surface area contributed by atoms with E-state index in [0.717, 1.165) is 41.9 Å². The van der Waals surface area contributed by atoms with Gasteiger partial charge in [0, 0.05) is 32.1 Å². The molecule has 0 N–H and O–H groups in total. The van der Waals surface area contributed by atoms with Crippen molar-refractivity contribution in [3.8, 4) is 5.75 Å². The number of halogens is 4. The molecule has 0 aromatic heterocycles. The van der Waals surface area contributed by atoms with Gasteiger partial charge in [-0.1, -0.05) is 35.9 Å². The minimum absolute atomic E-state index is 0.154. The van der Waals surface area contributed by atoms with Gasteiger partial charge in [0.15, 0.2) is 0 Å². The summed E-state index contributed by atoms with van der Waals surface area (Å²) >= 11 is 0. The van der Waals surface area contributed by atoms with Gasteiger partial charge in [-0.15, -0.1) is 0 Å². The fourth-order valence-electron chi connectivity index (χ4n) is 4.59. The molecule has 0 radical (unpaired) electrons. The van der Waals surface area contributed by atoms with E-state index in [9.17, 15) is 17.6 Å². The van der Waals surface area contributed by atoms with E-state index in [2.05, 4.69) is 11.0 Å². The highest BCUT2D eigenvalue weighted by Crippen LogP contribution is 2.37. The third-order valence-electron chi connectivity index (χ3n) is 6.13. The standard InChI is InChI=1S/C24H28F4N2O/c1-17-2-7-22-20(12-17)8-9-30(16-24(26,27)28)23(22)19-3-5-21(6-4-19)31-11-10-29-14-18(13-25)15-29/h2-7,12,18,23H,8-11,13-16H2,1H3/t23-/m1/s1. The van der Waals surface area contributed by atoms with E-state index in [4.69, 9.17) is 4.74 Å². The predicted molar refractivity (Wildman–Crippen MR) is 112 cm³/mol. The topological polar surface area (TPSA) is 15.7 Å². The second-order valence-electron chi connectivity index (χ2n) is 8.64. The molecule has 31 heavy (non-hydrogen) atoms. The van der Waals surface area contributed by atoms with Gasteiger partial charge in [0.2, 0.25) is 0 Å². The number of likely N-dealkylation sites (tertiary alicyclic amines) is 1. The van der Waals surface area contributed by atoms with Crippen molar-refractivity contribution < 1.29 is 22.3 Å². The molecular formula is C24H28F4N2O. The average molecular weight is 436 g/mol. The van der Waals surface area contributed by atoms with Crippen LogP contribution >= 0.6 is 0 Å². The molecule has 0 amide bonds. The van der Waals surface area contributed by atoms with Crippen molar-refractivity contribution in [1.29, 1.82) is 0 Å². The summed E-state index contributed by atoms with van der Waals surface area (Å²) in [4.78, 5) is 3.66. The maximum absolute atomic E-state index is 13.2. The van der Waals surface area contributed by atoms with Crippen LogP contribution < -0.4 is 4.74 Å². The average Bonchev–Trinajstić information content (AvgIpc) is 2.69. The van der Waals surface area contributed by atoms with E-state index in [1.807, 2.05) is 43.3 Å². The molecule has 1 atom stereocenters. The molecule has 1 fully saturated rings. The molecule has 1 saturated heterocycles. The highest BCUT2D eigenvalue weighted by atomic mass is 19.4. The molecule has 2 aromatic carbocycles. The number of rotatable bonds is 7. The minimum Gasteiger partial charge on any atom is -0.492 e. The summed E-state index contributed by atoms with van der Waals surface area (Å²) in [5.41, 5.74) is 4.00. The normalized spacial score (nSPS) is 20.4. The fourth-order valence-corrected chi connectivity index (χ4v) is 4.59. The SMILES string of the molecule is Cc1ccc2c(c1)CCN(CC(F)(F)F)[C@@H]2c1ccc(OCCN2CC(CF)C2)cc1. The van der Waals surface area contributed by atoms with Gasteiger partial charge in [-0.25, -0.2) is 0 Å². The van der Waals surface area contributed by atoms with Crippen LogP contribution in [0.4, 0.5) is 17.6 Å². The zero-order valence-corrected chi connectivity index (χ0v) is 17.7. The van der Waals surface area contributed by atoms with Crippen molar-refractivity contribution in [3.63, 3.8) is 0 Å². The molecule has 168 valence electrons. The lowest BCUT2D eigenvalue weighted by Gasteiger charge is -2.38. The maximum atomic E-state index is 13.2. The molecule has 2 aliphatic rings. The first-order valence-corrected chi connectivity index (χ1v) is 10.7. The van der Waals surface area contributed by atoms with Gasteiger partial charge in [0.25, 0.3) is 0 Å². The summed E-state index contributed by atoms with van der Waals surface area (Å²) in [6.07, 6.45) is -3.63. The number of fused-ring (bicyclic) bond motifs is 1. The summed E-state index contributed by atoms with van der Waals surface area (Å²) < 4.78 is 58.0.